The third kappa shape index (κ3) is 4.75. The van der Waals surface area contributed by atoms with Gasteiger partial charge in [0.05, 0.1) is 0 Å². The van der Waals surface area contributed by atoms with E-state index in [0.29, 0.717) is 12.1 Å². The lowest BCUT2D eigenvalue weighted by molar-refractivity contribution is 0.151. The van der Waals surface area contributed by atoms with Crippen molar-refractivity contribution in [3.63, 3.8) is 0 Å². The molecule has 1 aromatic carbocycles. The summed E-state index contributed by atoms with van der Waals surface area (Å²) in [5, 5.41) is 3.34. The van der Waals surface area contributed by atoms with Gasteiger partial charge in [-0.05, 0) is 63.7 Å². The Morgan fingerprint density at radius 3 is 2.37 bits per heavy atom. The summed E-state index contributed by atoms with van der Waals surface area (Å²) < 4.78 is 0. The highest BCUT2D eigenvalue weighted by Crippen LogP contribution is 2.22. The SMILES string of the molecule is O=C(NC1CCN(c2ccccc2)CC1)N1CCCC1CN1CCCCC1. The first kappa shape index (κ1) is 18.6. The zero-order chi connectivity index (χ0) is 18.5. The minimum Gasteiger partial charge on any atom is -0.371 e. The lowest BCUT2D eigenvalue weighted by Gasteiger charge is -2.36. The maximum atomic E-state index is 12.9. The van der Waals surface area contributed by atoms with Gasteiger partial charge in [0.15, 0.2) is 0 Å². The lowest BCUT2D eigenvalue weighted by Crippen LogP contribution is -2.52. The van der Waals surface area contributed by atoms with Crippen molar-refractivity contribution in [2.45, 2.75) is 57.0 Å². The molecule has 0 spiro atoms. The van der Waals surface area contributed by atoms with Gasteiger partial charge in [-0.1, -0.05) is 24.6 Å². The number of nitrogens with one attached hydrogen (secondary N) is 1. The Morgan fingerprint density at radius 2 is 1.63 bits per heavy atom. The van der Waals surface area contributed by atoms with Crippen LogP contribution in [-0.2, 0) is 0 Å². The van der Waals surface area contributed by atoms with Gasteiger partial charge in [-0.25, -0.2) is 4.79 Å². The van der Waals surface area contributed by atoms with Crippen molar-refractivity contribution in [2.24, 2.45) is 0 Å². The Labute approximate surface area is 163 Å². The molecule has 3 aliphatic rings. The van der Waals surface area contributed by atoms with Crippen molar-refractivity contribution in [2.75, 3.05) is 44.2 Å². The summed E-state index contributed by atoms with van der Waals surface area (Å²) >= 11 is 0. The second kappa shape index (κ2) is 8.96. The third-order valence-electron chi connectivity index (χ3n) is 6.50. The molecule has 1 unspecified atom stereocenters. The van der Waals surface area contributed by atoms with Crippen LogP contribution in [0.4, 0.5) is 10.5 Å². The Morgan fingerprint density at radius 1 is 0.889 bits per heavy atom. The third-order valence-corrected chi connectivity index (χ3v) is 6.50. The molecule has 1 N–H and O–H groups in total. The van der Waals surface area contributed by atoms with E-state index in [1.54, 1.807) is 0 Å². The van der Waals surface area contributed by atoms with Crippen LogP contribution in [0, 0.1) is 0 Å². The van der Waals surface area contributed by atoms with E-state index in [9.17, 15) is 4.79 Å². The summed E-state index contributed by atoms with van der Waals surface area (Å²) in [6, 6.07) is 11.5. The van der Waals surface area contributed by atoms with Crippen molar-refractivity contribution in [1.29, 1.82) is 0 Å². The number of nitrogens with zero attached hydrogens (tertiary/aromatic N) is 3. The molecule has 0 bridgehead atoms. The van der Waals surface area contributed by atoms with Crippen LogP contribution in [0.1, 0.15) is 44.9 Å². The average Bonchev–Trinajstić information content (AvgIpc) is 3.18. The van der Waals surface area contributed by atoms with E-state index in [0.717, 1.165) is 51.9 Å². The molecule has 0 aliphatic carbocycles. The molecule has 27 heavy (non-hydrogen) atoms. The molecule has 4 rings (SSSR count). The van der Waals surface area contributed by atoms with E-state index in [4.69, 9.17) is 0 Å². The Bertz CT molecular complexity index is 594. The molecule has 3 aliphatic heterocycles. The highest BCUT2D eigenvalue weighted by molar-refractivity contribution is 5.75. The van der Waals surface area contributed by atoms with Crippen LogP contribution in [-0.4, -0.2) is 67.2 Å². The van der Waals surface area contributed by atoms with Gasteiger partial charge in [-0.3, -0.25) is 0 Å². The van der Waals surface area contributed by atoms with Crippen molar-refractivity contribution in [1.82, 2.24) is 15.1 Å². The van der Waals surface area contributed by atoms with Gasteiger partial charge in [0.1, 0.15) is 0 Å². The fraction of sp³-hybridized carbons (Fsp3) is 0.682. The summed E-state index contributed by atoms with van der Waals surface area (Å²) in [6.07, 6.45) is 8.39. The van der Waals surface area contributed by atoms with Gasteiger partial charge < -0.3 is 20.0 Å². The van der Waals surface area contributed by atoms with Crippen LogP contribution < -0.4 is 10.2 Å². The van der Waals surface area contributed by atoms with E-state index in [2.05, 4.69) is 50.3 Å². The van der Waals surface area contributed by atoms with Gasteiger partial charge in [0.25, 0.3) is 0 Å². The van der Waals surface area contributed by atoms with Crippen molar-refractivity contribution in [3.05, 3.63) is 30.3 Å². The fourth-order valence-corrected chi connectivity index (χ4v) is 4.91. The van der Waals surface area contributed by atoms with Gasteiger partial charge in [-0.15, -0.1) is 0 Å². The molecule has 5 heteroatoms. The maximum Gasteiger partial charge on any atom is 0.317 e. The van der Waals surface area contributed by atoms with E-state index < -0.39 is 0 Å². The highest BCUT2D eigenvalue weighted by atomic mass is 16.2. The van der Waals surface area contributed by atoms with Crippen LogP contribution in [0.15, 0.2) is 30.3 Å². The molecule has 3 heterocycles. The molecule has 1 aromatic rings. The van der Waals surface area contributed by atoms with Crippen LogP contribution >= 0.6 is 0 Å². The van der Waals surface area contributed by atoms with Gasteiger partial charge in [0, 0.05) is 44.0 Å². The summed E-state index contributed by atoms with van der Waals surface area (Å²) in [6.45, 7) is 6.46. The van der Waals surface area contributed by atoms with Gasteiger partial charge in [-0.2, -0.15) is 0 Å². The second-order valence-electron chi connectivity index (χ2n) is 8.40. The lowest BCUT2D eigenvalue weighted by atomic mass is 10.0. The molecule has 0 aromatic heterocycles. The van der Waals surface area contributed by atoms with E-state index in [-0.39, 0.29) is 6.03 Å². The fourth-order valence-electron chi connectivity index (χ4n) is 4.91. The molecule has 148 valence electrons. The number of rotatable bonds is 4. The summed E-state index contributed by atoms with van der Waals surface area (Å²) in [4.78, 5) is 20.0. The van der Waals surface area contributed by atoms with Gasteiger partial charge in [0.2, 0.25) is 0 Å². The molecular weight excluding hydrogens is 336 g/mol. The number of carbonyl (C=O) groups excluding carboxylic acids is 1. The first-order valence-corrected chi connectivity index (χ1v) is 10.9. The molecule has 3 fully saturated rings. The van der Waals surface area contributed by atoms with Gasteiger partial charge >= 0.3 is 6.03 Å². The number of urea groups is 1. The molecule has 0 radical (unpaired) electrons. The minimum absolute atomic E-state index is 0.174. The Kier molecular flexibility index (Phi) is 6.17. The molecule has 1 atom stereocenters. The predicted molar refractivity (Wildman–Crippen MR) is 110 cm³/mol. The number of hydrogen-bond acceptors (Lipinski definition) is 3. The number of hydrogen-bond donors (Lipinski definition) is 1. The standard InChI is InChI=1S/C22H34N4O/c27-22(26-15-7-10-21(26)18-24-13-5-2-6-14-24)23-19-11-16-25(17-12-19)20-8-3-1-4-9-20/h1,3-4,8-9,19,21H,2,5-7,10-18H2,(H,23,27). The number of likely N-dealkylation sites (tertiary alicyclic amines) is 2. The van der Waals surface area contributed by atoms with Crippen molar-refractivity contribution < 1.29 is 4.79 Å². The minimum atomic E-state index is 0.174. The number of para-hydroxylation sites is 1. The van der Waals surface area contributed by atoms with Crippen LogP contribution in [0.2, 0.25) is 0 Å². The topological polar surface area (TPSA) is 38.8 Å². The Hall–Kier alpha value is -1.75. The maximum absolute atomic E-state index is 12.9. The first-order chi connectivity index (χ1) is 13.3. The quantitative estimate of drug-likeness (QED) is 0.884. The normalized spacial score (nSPS) is 25.0. The zero-order valence-corrected chi connectivity index (χ0v) is 16.5. The Balaban J connectivity index is 1.25. The number of carbonyl (C=O) groups is 1. The number of amides is 2. The second-order valence-corrected chi connectivity index (χ2v) is 8.40. The first-order valence-electron chi connectivity index (χ1n) is 10.9. The van der Waals surface area contributed by atoms with Crippen molar-refractivity contribution in [3.8, 4) is 0 Å². The zero-order valence-electron chi connectivity index (χ0n) is 16.5. The predicted octanol–water partition coefficient (Wildman–Crippen LogP) is 3.32. The largest absolute Gasteiger partial charge is 0.371 e. The molecule has 2 amide bonds. The van der Waals surface area contributed by atoms with Crippen molar-refractivity contribution >= 4 is 11.7 Å². The van der Waals surface area contributed by atoms with Crippen LogP contribution in [0.5, 0.6) is 0 Å². The molecule has 0 saturated carbocycles. The highest BCUT2D eigenvalue weighted by Gasteiger charge is 2.32. The van der Waals surface area contributed by atoms with E-state index in [1.807, 2.05) is 0 Å². The monoisotopic (exact) mass is 370 g/mol. The average molecular weight is 371 g/mol. The van der Waals surface area contributed by atoms with E-state index in [1.165, 1.54) is 38.0 Å². The molecule has 3 saturated heterocycles. The summed E-state index contributed by atoms with van der Waals surface area (Å²) in [7, 11) is 0. The number of piperidine rings is 2. The molecular formula is C22H34N4O. The number of benzene rings is 1. The molecule has 5 nitrogen and oxygen atoms in total. The number of anilines is 1. The summed E-state index contributed by atoms with van der Waals surface area (Å²) in [5.74, 6) is 0. The van der Waals surface area contributed by atoms with E-state index >= 15 is 0 Å². The van der Waals surface area contributed by atoms with Crippen LogP contribution in [0.3, 0.4) is 0 Å². The van der Waals surface area contributed by atoms with Crippen LogP contribution in [0.25, 0.3) is 0 Å². The smallest absolute Gasteiger partial charge is 0.317 e. The summed E-state index contributed by atoms with van der Waals surface area (Å²) in [5.41, 5.74) is 1.29.